The number of rotatable bonds is 4. The highest BCUT2D eigenvalue weighted by atomic mass is 16.5. The maximum absolute atomic E-state index is 10.2. The molecule has 1 aromatic carbocycles. The Morgan fingerprint density at radius 1 is 1.17 bits per heavy atom. The second-order valence-corrected chi connectivity index (χ2v) is 6.32. The van der Waals surface area contributed by atoms with Gasteiger partial charge >= 0.3 is 0 Å². The van der Waals surface area contributed by atoms with E-state index < -0.39 is 0 Å². The van der Waals surface area contributed by atoms with Crippen molar-refractivity contribution in [2.75, 3.05) is 27.8 Å². The second-order valence-electron chi connectivity index (χ2n) is 6.32. The second kappa shape index (κ2) is 6.67. The first-order chi connectivity index (χ1) is 11.1. The van der Waals surface area contributed by atoms with E-state index in [-0.39, 0.29) is 5.75 Å². The van der Waals surface area contributed by atoms with Gasteiger partial charge in [0.25, 0.3) is 0 Å². The largest absolute Gasteiger partial charge is 0.504 e. The van der Waals surface area contributed by atoms with Crippen LogP contribution in [0.3, 0.4) is 0 Å². The molecule has 0 saturated heterocycles. The first-order valence-corrected chi connectivity index (χ1v) is 8.13. The van der Waals surface area contributed by atoms with Crippen molar-refractivity contribution in [1.82, 2.24) is 4.90 Å². The molecule has 0 aromatic heterocycles. The van der Waals surface area contributed by atoms with E-state index in [4.69, 9.17) is 9.47 Å². The predicted octanol–water partition coefficient (Wildman–Crippen LogP) is 3.57. The maximum Gasteiger partial charge on any atom is 0.160 e. The third-order valence-corrected chi connectivity index (χ3v) is 4.97. The van der Waals surface area contributed by atoms with Crippen molar-refractivity contribution in [3.8, 4) is 11.5 Å². The van der Waals surface area contributed by atoms with Crippen LogP contribution in [-0.2, 0) is 11.2 Å². The minimum atomic E-state index is 0.228. The van der Waals surface area contributed by atoms with Gasteiger partial charge in [-0.2, -0.15) is 0 Å². The number of hydrogen-bond acceptors (Lipinski definition) is 4. The summed E-state index contributed by atoms with van der Waals surface area (Å²) in [5.41, 5.74) is 3.94. The Bertz CT molecular complexity index is 648. The lowest BCUT2D eigenvalue weighted by atomic mass is 9.87. The maximum atomic E-state index is 10.2. The van der Waals surface area contributed by atoms with Crippen LogP contribution < -0.4 is 4.74 Å². The smallest absolute Gasteiger partial charge is 0.160 e. The van der Waals surface area contributed by atoms with E-state index in [0.717, 1.165) is 38.0 Å². The minimum Gasteiger partial charge on any atom is -0.504 e. The molecule has 1 unspecified atom stereocenters. The highest BCUT2D eigenvalue weighted by molar-refractivity contribution is 5.49. The third kappa shape index (κ3) is 3.22. The molecule has 2 aliphatic rings. The molecular weight excluding hydrogens is 290 g/mol. The van der Waals surface area contributed by atoms with Gasteiger partial charge in [-0.05, 0) is 55.6 Å². The van der Waals surface area contributed by atoms with E-state index in [1.807, 2.05) is 12.1 Å². The van der Waals surface area contributed by atoms with Gasteiger partial charge in [-0.25, -0.2) is 0 Å². The van der Waals surface area contributed by atoms with Crippen LogP contribution in [-0.4, -0.2) is 37.8 Å². The molecule has 0 fully saturated rings. The van der Waals surface area contributed by atoms with Crippen LogP contribution in [0.5, 0.6) is 11.5 Å². The van der Waals surface area contributed by atoms with Crippen LogP contribution in [0, 0.1) is 0 Å². The molecule has 0 bridgehead atoms. The van der Waals surface area contributed by atoms with Crippen LogP contribution >= 0.6 is 0 Å². The van der Waals surface area contributed by atoms with Crippen LogP contribution in [0.1, 0.15) is 36.4 Å². The molecule has 1 heterocycles. The number of ether oxygens (including phenoxy) is 2. The summed E-state index contributed by atoms with van der Waals surface area (Å²) in [5, 5.41) is 10.2. The number of phenols is 1. The molecule has 0 saturated carbocycles. The minimum absolute atomic E-state index is 0.228. The highest BCUT2D eigenvalue weighted by Crippen LogP contribution is 2.40. The van der Waals surface area contributed by atoms with Gasteiger partial charge in [0.1, 0.15) is 0 Å². The molecule has 4 heteroatoms. The molecule has 0 spiro atoms. The van der Waals surface area contributed by atoms with Crippen LogP contribution in [0.25, 0.3) is 0 Å². The van der Waals surface area contributed by atoms with Crippen molar-refractivity contribution in [3.63, 3.8) is 0 Å². The van der Waals surface area contributed by atoms with Crippen molar-refractivity contribution >= 4 is 0 Å². The number of hydrogen-bond donors (Lipinski definition) is 1. The summed E-state index contributed by atoms with van der Waals surface area (Å²) in [6.45, 7) is 1.03. The van der Waals surface area contributed by atoms with Gasteiger partial charge in [-0.1, -0.05) is 11.6 Å². The summed E-state index contributed by atoms with van der Waals surface area (Å²) in [4.78, 5) is 2.38. The van der Waals surface area contributed by atoms with Crippen molar-refractivity contribution in [2.45, 2.75) is 31.7 Å². The quantitative estimate of drug-likeness (QED) is 0.863. The van der Waals surface area contributed by atoms with Gasteiger partial charge in [0.05, 0.1) is 20.0 Å². The van der Waals surface area contributed by atoms with Gasteiger partial charge in [0.15, 0.2) is 11.5 Å². The number of likely N-dealkylation sites (N-methyl/N-ethyl adjacent to an activating group) is 1. The van der Waals surface area contributed by atoms with Crippen molar-refractivity contribution in [1.29, 1.82) is 0 Å². The molecule has 0 radical (unpaired) electrons. The number of methoxy groups -OCH3 is 2. The summed E-state index contributed by atoms with van der Waals surface area (Å²) in [6.07, 6.45) is 8.26. The Labute approximate surface area is 138 Å². The first-order valence-electron chi connectivity index (χ1n) is 8.13. The number of nitrogens with zero attached hydrogens (tertiary/aromatic N) is 1. The fourth-order valence-corrected chi connectivity index (χ4v) is 3.51. The fourth-order valence-electron chi connectivity index (χ4n) is 3.51. The molecule has 1 N–H and O–H groups in total. The Morgan fingerprint density at radius 3 is 2.65 bits per heavy atom. The van der Waals surface area contributed by atoms with E-state index in [9.17, 15) is 5.11 Å². The van der Waals surface area contributed by atoms with Gasteiger partial charge in [-0.15, -0.1) is 0 Å². The van der Waals surface area contributed by atoms with Crippen molar-refractivity contribution in [2.24, 2.45) is 0 Å². The summed E-state index contributed by atoms with van der Waals surface area (Å²) >= 11 is 0. The van der Waals surface area contributed by atoms with E-state index in [2.05, 4.69) is 24.1 Å². The predicted molar refractivity (Wildman–Crippen MR) is 90.8 cm³/mol. The standard InChI is InChI=1S/C19H25NO3/c1-20-9-8-14-11-19(23-3)18(21)12-16(14)17(20)10-13-4-6-15(22-2)7-5-13/h4,7,11-12,17,21H,5-6,8-10H2,1-3H3. The Morgan fingerprint density at radius 2 is 2.00 bits per heavy atom. The van der Waals surface area contributed by atoms with Gasteiger partial charge < -0.3 is 14.6 Å². The third-order valence-electron chi connectivity index (χ3n) is 4.97. The SMILES string of the molecule is COC1=CCC(CC2c3cc(O)c(OC)cc3CCN2C)=CC1. The van der Waals surface area contributed by atoms with E-state index >= 15 is 0 Å². The fraction of sp³-hybridized carbons (Fsp3) is 0.474. The monoisotopic (exact) mass is 315 g/mol. The number of fused-ring (bicyclic) bond motifs is 1. The van der Waals surface area contributed by atoms with Crippen LogP contribution in [0.2, 0.25) is 0 Å². The lowest BCUT2D eigenvalue weighted by Gasteiger charge is -2.36. The van der Waals surface area contributed by atoms with Gasteiger partial charge in [0.2, 0.25) is 0 Å². The first kappa shape index (κ1) is 15.9. The molecule has 1 aliphatic carbocycles. The Balaban J connectivity index is 1.83. The zero-order valence-electron chi connectivity index (χ0n) is 14.1. The van der Waals surface area contributed by atoms with E-state index in [1.54, 1.807) is 14.2 Å². The average molecular weight is 315 g/mol. The molecule has 1 aliphatic heterocycles. The average Bonchev–Trinajstić information content (AvgIpc) is 2.58. The van der Waals surface area contributed by atoms with Gasteiger partial charge in [-0.3, -0.25) is 4.90 Å². The Kier molecular flexibility index (Phi) is 4.62. The normalized spacial score (nSPS) is 21.3. The highest BCUT2D eigenvalue weighted by Gasteiger charge is 2.27. The number of allylic oxidation sites excluding steroid dienone is 2. The van der Waals surface area contributed by atoms with Crippen molar-refractivity contribution in [3.05, 3.63) is 46.7 Å². The summed E-state index contributed by atoms with van der Waals surface area (Å²) in [7, 11) is 5.49. The van der Waals surface area contributed by atoms with E-state index in [1.165, 1.54) is 16.7 Å². The molecular formula is C19H25NO3. The molecule has 1 atom stereocenters. The lowest BCUT2D eigenvalue weighted by Crippen LogP contribution is -2.32. The number of benzene rings is 1. The van der Waals surface area contributed by atoms with E-state index in [0.29, 0.717) is 11.8 Å². The topological polar surface area (TPSA) is 41.9 Å². The lowest BCUT2D eigenvalue weighted by molar-refractivity contribution is 0.226. The summed E-state index contributed by atoms with van der Waals surface area (Å²) < 4.78 is 10.6. The van der Waals surface area contributed by atoms with Crippen LogP contribution in [0.4, 0.5) is 0 Å². The zero-order chi connectivity index (χ0) is 16.4. The summed E-state index contributed by atoms with van der Waals surface area (Å²) in [6, 6.07) is 4.18. The molecule has 3 rings (SSSR count). The summed E-state index contributed by atoms with van der Waals surface area (Å²) in [5.74, 6) is 1.84. The molecule has 1 aromatic rings. The molecule has 23 heavy (non-hydrogen) atoms. The number of aromatic hydroxyl groups is 1. The van der Waals surface area contributed by atoms with Crippen molar-refractivity contribution < 1.29 is 14.6 Å². The molecule has 4 nitrogen and oxygen atoms in total. The number of phenolic OH excluding ortho intramolecular Hbond substituents is 1. The zero-order valence-corrected chi connectivity index (χ0v) is 14.1. The molecule has 0 amide bonds. The van der Waals surface area contributed by atoms with Gasteiger partial charge in [0, 0.05) is 19.0 Å². The van der Waals surface area contributed by atoms with Crippen LogP contribution in [0.15, 0.2) is 35.6 Å². The Hall–Kier alpha value is -1.94. The molecule has 124 valence electrons.